The normalized spacial score (nSPS) is 21.4. The van der Waals surface area contributed by atoms with Gasteiger partial charge >= 0.3 is 5.97 Å². The minimum absolute atomic E-state index is 0.0484. The lowest BCUT2D eigenvalue weighted by atomic mass is 9.78. The zero-order valence-electron chi connectivity index (χ0n) is 26.2. The van der Waals surface area contributed by atoms with Gasteiger partial charge in [0.05, 0.1) is 11.7 Å². The number of aliphatic hydroxyl groups excluding tert-OH is 1. The highest BCUT2D eigenvalue weighted by molar-refractivity contribution is 6.00. The van der Waals surface area contributed by atoms with Gasteiger partial charge in [0.1, 0.15) is 11.6 Å². The lowest BCUT2D eigenvalue weighted by Crippen LogP contribution is -2.75. The quantitative estimate of drug-likeness (QED) is 0.301. The van der Waals surface area contributed by atoms with Gasteiger partial charge in [-0.2, -0.15) is 0 Å². The maximum Gasteiger partial charge on any atom is 0.335 e. The van der Waals surface area contributed by atoms with Gasteiger partial charge < -0.3 is 25.7 Å². The lowest BCUT2D eigenvalue weighted by molar-refractivity contribution is -0.166. The predicted octanol–water partition coefficient (Wildman–Crippen LogP) is 3.72. The Bertz CT molecular complexity index is 1350. The van der Waals surface area contributed by atoms with E-state index in [2.05, 4.69) is 22.5 Å². The molecule has 2 aromatic rings. The zero-order chi connectivity index (χ0) is 32.0. The SMILES string of the molecule is CCCCN1C(=O)[C@@H]([C@H](O)C2CCCCC2)NC(=O)C12CCN(Cc1ccc(C(=O)NCc3ccc(C(=O)O)cc3)cc1)CC2. The molecule has 10 nitrogen and oxygen atoms in total. The van der Waals surface area contributed by atoms with E-state index >= 15 is 0 Å². The van der Waals surface area contributed by atoms with Crippen LogP contribution in [0.5, 0.6) is 0 Å². The van der Waals surface area contributed by atoms with Crippen LogP contribution in [0.4, 0.5) is 0 Å². The monoisotopic (exact) mass is 618 g/mol. The highest BCUT2D eigenvalue weighted by Gasteiger charge is 2.55. The number of piperazine rings is 1. The number of carboxylic acid groups (broad SMARTS) is 1. The molecule has 3 fully saturated rings. The van der Waals surface area contributed by atoms with Crippen LogP contribution in [0.15, 0.2) is 48.5 Å². The van der Waals surface area contributed by atoms with Crippen molar-refractivity contribution in [3.63, 3.8) is 0 Å². The number of nitrogens with zero attached hydrogens (tertiary/aromatic N) is 2. The fourth-order valence-corrected chi connectivity index (χ4v) is 7.11. The Morgan fingerprint density at radius 1 is 0.956 bits per heavy atom. The molecule has 0 aromatic heterocycles. The number of aliphatic hydroxyl groups is 1. The third kappa shape index (κ3) is 7.39. The number of hydrogen-bond acceptors (Lipinski definition) is 6. The molecule has 2 aliphatic heterocycles. The first-order valence-corrected chi connectivity index (χ1v) is 16.4. The Morgan fingerprint density at radius 2 is 1.58 bits per heavy atom. The summed E-state index contributed by atoms with van der Waals surface area (Å²) in [5, 5.41) is 26.1. The summed E-state index contributed by atoms with van der Waals surface area (Å²) < 4.78 is 0. The molecule has 1 spiro atoms. The molecule has 3 amide bonds. The molecule has 2 atom stereocenters. The second kappa shape index (κ2) is 14.6. The molecule has 0 radical (unpaired) electrons. The fourth-order valence-electron chi connectivity index (χ4n) is 7.11. The Labute approximate surface area is 265 Å². The van der Waals surface area contributed by atoms with Crippen molar-refractivity contribution in [3.05, 3.63) is 70.8 Å². The van der Waals surface area contributed by atoms with Crippen LogP contribution in [-0.4, -0.2) is 81.0 Å². The highest BCUT2D eigenvalue weighted by atomic mass is 16.4. The molecule has 1 aliphatic carbocycles. The number of likely N-dealkylation sites (tertiary alicyclic amines) is 1. The summed E-state index contributed by atoms with van der Waals surface area (Å²) in [6, 6.07) is 13.0. The number of carbonyl (C=O) groups is 4. The van der Waals surface area contributed by atoms with Crippen LogP contribution in [0.2, 0.25) is 0 Å². The van der Waals surface area contributed by atoms with Crippen LogP contribution >= 0.6 is 0 Å². The van der Waals surface area contributed by atoms with Gasteiger partial charge in [-0.15, -0.1) is 0 Å². The number of carboxylic acids is 1. The molecular weight excluding hydrogens is 572 g/mol. The minimum atomic E-state index is -0.989. The molecular formula is C35H46N4O6. The van der Waals surface area contributed by atoms with Crippen LogP contribution < -0.4 is 10.6 Å². The number of carbonyl (C=O) groups excluding carboxylic acids is 3. The van der Waals surface area contributed by atoms with Crippen LogP contribution in [0.3, 0.4) is 0 Å². The van der Waals surface area contributed by atoms with E-state index in [1.54, 1.807) is 29.2 Å². The van der Waals surface area contributed by atoms with Gasteiger partial charge in [-0.1, -0.05) is 56.9 Å². The average molecular weight is 619 g/mol. The second-order valence-corrected chi connectivity index (χ2v) is 12.9. The molecule has 2 aromatic carbocycles. The molecule has 2 heterocycles. The molecule has 5 rings (SSSR count). The molecule has 10 heteroatoms. The Balaban J connectivity index is 1.16. The summed E-state index contributed by atoms with van der Waals surface area (Å²) in [6.45, 7) is 4.87. The van der Waals surface area contributed by atoms with Gasteiger partial charge in [-0.05, 0) is 73.4 Å². The molecule has 0 unspecified atom stereocenters. The van der Waals surface area contributed by atoms with Crippen molar-refractivity contribution in [1.29, 1.82) is 0 Å². The highest BCUT2D eigenvalue weighted by Crippen LogP contribution is 2.36. The first kappa shape index (κ1) is 32.6. The van der Waals surface area contributed by atoms with E-state index in [1.807, 2.05) is 12.1 Å². The largest absolute Gasteiger partial charge is 0.478 e. The van der Waals surface area contributed by atoms with Crippen LogP contribution in [0.25, 0.3) is 0 Å². The number of amides is 3. The maximum absolute atomic E-state index is 13.8. The van der Waals surface area contributed by atoms with Gasteiger partial charge in [-0.25, -0.2) is 4.79 Å². The third-order valence-electron chi connectivity index (χ3n) is 9.93. The summed E-state index contributed by atoms with van der Waals surface area (Å²) in [4.78, 5) is 55.4. The summed E-state index contributed by atoms with van der Waals surface area (Å²) in [5.74, 6) is -1.42. The van der Waals surface area contributed by atoms with Crippen molar-refractivity contribution in [2.24, 2.45) is 5.92 Å². The van der Waals surface area contributed by atoms with E-state index < -0.39 is 23.7 Å². The van der Waals surface area contributed by atoms with Gasteiger partial charge in [-0.3, -0.25) is 19.3 Å². The van der Waals surface area contributed by atoms with Crippen molar-refractivity contribution >= 4 is 23.7 Å². The molecule has 2 saturated heterocycles. The Hall–Kier alpha value is -3.76. The van der Waals surface area contributed by atoms with Crippen molar-refractivity contribution in [1.82, 2.24) is 20.4 Å². The Kier molecular flexibility index (Phi) is 10.6. The van der Waals surface area contributed by atoms with E-state index in [-0.39, 0.29) is 29.2 Å². The summed E-state index contributed by atoms with van der Waals surface area (Å²) >= 11 is 0. The smallest absolute Gasteiger partial charge is 0.335 e. The molecule has 242 valence electrons. The maximum atomic E-state index is 13.8. The summed E-state index contributed by atoms with van der Waals surface area (Å²) in [5.41, 5.74) is 1.71. The van der Waals surface area contributed by atoms with Crippen LogP contribution in [-0.2, 0) is 22.7 Å². The van der Waals surface area contributed by atoms with Crippen molar-refractivity contribution in [2.45, 2.75) is 95.5 Å². The number of piperidine rings is 1. The first-order chi connectivity index (χ1) is 21.7. The summed E-state index contributed by atoms with van der Waals surface area (Å²) in [6.07, 6.45) is 7.01. The molecule has 45 heavy (non-hydrogen) atoms. The minimum Gasteiger partial charge on any atom is -0.478 e. The Morgan fingerprint density at radius 3 is 2.20 bits per heavy atom. The number of aromatic carboxylic acids is 1. The first-order valence-electron chi connectivity index (χ1n) is 16.4. The number of rotatable bonds is 11. The van der Waals surface area contributed by atoms with Gasteiger partial charge in [0.2, 0.25) is 11.8 Å². The summed E-state index contributed by atoms with van der Waals surface area (Å²) in [7, 11) is 0. The second-order valence-electron chi connectivity index (χ2n) is 12.9. The molecule has 0 bridgehead atoms. The van der Waals surface area contributed by atoms with Crippen LogP contribution in [0, 0.1) is 5.92 Å². The number of hydrogen-bond donors (Lipinski definition) is 4. The van der Waals surface area contributed by atoms with Gasteiger partial charge in [0, 0.05) is 38.3 Å². The van der Waals surface area contributed by atoms with Gasteiger partial charge in [0.15, 0.2) is 0 Å². The fraction of sp³-hybridized carbons (Fsp3) is 0.543. The van der Waals surface area contributed by atoms with E-state index in [0.717, 1.165) is 56.1 Å². The van der Waals surface area contributed by atoms with E-state index in [9.17, 15) is 24.3 Å². The standard InChI is InChI=1S/C35H46N4O6/c1-2-3-19-39-32(42)29(30(40)26-7-5-4-6-8-26)37-34(45)35(39)17-20-38(21-18-35)23-25-11-13-27(14-12-25)31(41)36-22-24-9-15-28(16-10-24)33(43)44/h9-16,26,29-30,40H,2-8,17-23H2,1H3,(H,36,41)(H,37,45)(H,43,44)/t29-,30-/m1/s1. The van der Waals surface area contributed by atoms with Crippen molar-refractivity contribution in [2.75, 3.05) is 19.6 Å². The third-order valence-corrected chi connectivity index (χ3v) is 9.93. The van der Waals surface area contributed by atoms with Crippen molar-refractivity contribution in [3.8, 4) is 0 Å². The number of unbranched alkanes of at least 4 members (excludes halogenated alkanes) is 1. The lowest BCUT2D eigenvalue weighted by Gasteiger charge is -2.52. The van der Waals surface area contributed by atoms with Gasteiger partial charge in [0.25, 0.3) is 5.91 Å². The topological polar surface area (TPSA) is 139 Å². The van der Waals surface area contributed by atoms with E-state index in [0.29, 0.717) is 51.1 Å². The average Bonchev–Trinajstić information content (AvgIpc) is 3.07. The predicted molar refractivity (Wildman–Crippen MR) is 169 cm³/mol. The van der Waals surface area contributed by atoms with Crippen LogP contribution in [0.1, 0.15) is 96.6 Å². The zero-order valence-corrected chi connectivity index (χ0v) is 26.2. The number of benzene rings is 2. The van der Waals surface area contributed by atoms with E-state index in [4.69, 9.17) is 5.11 Å². The number of nitrogens with one attached hydrogen (secondary N) is 2. The molecule has 3 aliphatic rings. The molecule has 4 N–H and O–H groups in total. The molecule has 1 saturated carbocycles. The van der Waals surface area contributed by atoms with Crippen molar-refractivity contribution < 1.29 is 29.4 Å². The van der Waals surface area contributed by atoms with E-state index in [1.165, 1.54) is 12.1 Å².